The summed E-state index contributed by atoms with van der Waals surface area (Å²) in [5.74, 6) is 0. The summed E-state index contributed by atoms with van der Waals surface area (Å²) in [4.78, 5) is 11.6. The number of fused-ring (bicyclic) bond motifs is 1. The molecule has 0 aliphatic heterocycles. The number of benzene rings is 1. The van der Waals surface area contributed by atoms with E-state index in [1.165, 1.54) is 0 Å². The predicted molar refractivity (Wildman–Crippen MR) is 70.7 cm³/mol. The Morgan fingerprint density at radius 3 is 2.76 bits per heavy atom. The van der Waals surface area contributed by atoms with Gasteiger partial charge in [-0.15, -0.1) is 0 Å². The number of para-hydroxylation sites is 1. The van der Waals surface area contributed by atoms with Crippen molar-refractivity contribution >= 4 is 22.6 Å². The van der Waals surface area contributed by atoms with Crippen molar-refractivity contribution in [2.45, 2.75) is 32.6 Å². The van der Waals surface area contributed by atoms with Crippen LogP contribution in [0.4, 0.5) is 0 Å². The van der Waals surface area contributed by atoms with Crippen molar-refractivity contribution in [1.82, 2.24) is 0 Å². The summed E-state index contributed by atoms with van der Waals surface area (Å²) >= 11 is 6.04. The molecule has 17 heavy (non-hydrogen) atoms. The van der Waals surface area contributed by atoms with Gasteiger partial charge in [-0.3, -0.25) is 0 Å². The molecule has 0 atom stereocenters. The van der Waals surface area contributed by atoms with E-state index in [1.807, 2.05) is 18.2 Å². The Kier molecular flexibility index (Phi) is 3.85. The molecule has 0 spiro atoms. The fourth-order valence-corrected chi connectivity index (χ4v) is 2.22. The summed E-state index contributed by atoms with van der Waals surface area (Å²) in [5, 5.41) is 1.19. The minimum Gasteiger partial charge on any atom is -0.422 e. The predicted octanol–water partition coefficient (Wildman–Crippen LogP) is 4.18. The standard InChI is InChI=1S/C14H15ClO2/c1-2-3-4-8-11-10-7-5-6-9-12(10)17-14(16)13(11)15/h5-7,9H,2-4,8H2,1H3. The Hall–Kier alpha value is -1.28. The number of halogens is 1. The summed E-state index contributed by atoms with van der Waals surface area (Å²) in [6, 6.07) is 7.54. The number of aryl methyl sites for hydroxylation is 1. The van der Waals surface area contributed by atoms with Gasteiger partial charge in [-0.1, -0.05) is 49.6 Å². The van der Waals surface area contributed by atoms with E-state index in [4.69, 9.17) is 16.0 Å². The average Bonchev–Trinajstić information content (AvgIpc) is 2.34. The van der Waals surface area contributed by atoms with E-state index in [2.05, 4.69) is 6.92 Å². The van der Waals surface area contributed by atoms with Gasteiger partial charge >= 0.3 is 5.63 Å². The Bertz CT molecular complexity index is 572. The van der Waals surface area contributed by atoms with Gasteiger partial charge < -0.3 is 4.42 Å². The molecule has 0 amide bonds. The summed E-state index contributed by atoms with van der Waals surface area (Å²) in [6.45, 7) is 2.15. The van der Waals surface area contributed by atoms with Crippen LogP contribution in [0.25, 0.3) is 11.0 Å². The highest BCUT2D eigenvalue weighted by molar-refractivity contribution is 6.31. The maximum atomic E-state index is 11.6. The van der Waals surface area contributed by atoms with Crippen molar-refractivity contribution in [2.75, 3.05) is 0 Å². The lowest BCUT2D eigenvalue weighted by atomic mass is 10.0. The topological polar surface area (TPSA) is 30.2 Å². The van der Waals surface area contributed by atoms with Crippen molar-refractivity contribution in [3.8, 4) is 0 Å². The van der Waals surface area contributed by atoms with Gasteiger partial charge in [0.2, 0.25) is 0 Å². The molecule has 1 aromatic carbocycles. The van der Waals surface area contributed by atoms with Gasteiger partial charge in [0.25, 0.3) is 0 Å². The normalized spacial score (nSPS) is 10.9. The molecule has 0 aliphatic rings. The first-order valence-corrected chi connectivity index (χ1v) is 6.32. The first-order chi connectivity index (χ1) is 8.24. The van der Waals surface area contributed by atoms with E-state index in [0.717, 1.165) is 36.6 Å². The van der Waals surface area contributed by atoms with Gasteiger partial charge in [0.15, 0.2) is 0 Å². The summed E-state index contributed by atoms with van der Waals surface area (Å²) in [5.41, 5.74) is 1.11. The highest BCUT2D eigenvalue weighted by Gasteiger charge is 2.11. The van der Waals surface area contributed by atoms with Crippen molar-refractivity contribution in [3.05, 3.63) is 45.3 Å². The zero-order valence-corrected chi connectivity index (χ0v) is 10.6. The zero-order valence-electron chi connectivity index (χ0n) is 9.83. The van der Waals surface area contributed by atoms with Crippen LogP contribution in [0.1, 0.15) is 31.7 Å². The van der Waals surface area contributed by atoms with Gasteiger partial charge in [0, 0.05) is 5.39 Å². The van der Waals surface area contributed by atoms with Crippen LogP contribution < -0.4 is 5.63 Å². The average molecular weight is 251 g/mol. The highest BCUT2D eigenvalue weighted by Crippen LogP contribution is 2.24. The van der Waals surface area contributed by atoms with Crippen molar-refractivity contribution < 1.29 is 4.42 Å². The molecule has 90 valence electrons. The lowest BCUT2D eigenvalue weighted by Crippen LogP contribution is -2.04. The monoisotopic (exact) mass is 250 g/mol. The smallest absolute Gasteiger partial charge is 0.355 e. The number of hydrogen-bond donors (Lipinski definition) is 0. The summed E-state index contributed by atoms with van der Waals surface area (Å²) in [7, 11) is 0. The third-order valence-electron chi connectivity index (χ3n) is 2.89. The molecule has 2 nitrogen and oxygen atoms in total. The van der Waals surface area contributed by atoms with Crippen molar-refractivity contribution in [3.63, 3.8) is 0 Å². The molecule has 0 saturated carbocycles. The van der Waals surface area contributed by atoms with Gasteiger partial charge in [0.05, 0.1) is 0 Å². The summed E-state index contributed by atoms with van der Waals surface area (Å²) < 4.78 is 5.15. The lowest BCUT2D eigenvalue weighted by molar-refractivity contribution is 0.558. The van der Waals surface area contributed by atoms with E-state index in [1.54, 1.807) is 6.07 Å². The molecule has 0 unspecified atom stereocenters. The molecule has 0 saturated heterocycles. The maximum absolute atomic E-state index is 11.6. The quantitative estimate of drug-likeness (QED) is 0.602. The SMILES string of the molecule is CCCCCc1c(Cl)c(=O)oc2ccccc12. The fraction of sp³-hybridized carbons (Fsp3) is 0.357. The molecular formula is C14H15ClO2. The van der Waals surface area contributed by atoms with Gasteiger partial charge in [-0.05, 0) is 24.5 Å². The Morgan fingerprint density at radius 2 is 2.00 bits per heavy atom. The van der Waals surface area contributed by atoms with Crippen molar-refractivity contribution in [1.29, 1.82) is 0 Å². The molecule has 0 aliphatic carbocycles. The van der Waals surface area contributed by atoms with Crippen LogP contribution in [-0.4, -0.2) is 0 Å². The fourth-order valence-electron chi connectivity index (χ4n) is 1.99. The molecule has 0 bridgehead atoms. The van der Waals surface area contributed by atoms with E-state index >= 15 is 0 Å². The molecule has 2 aromatic rings. The second kappa shape index (κ2) is 5.37. The van der Waals surface area contributed by atoms with Crippen LogP contribution >= 0.6 is 11.6 Å². The second-order valence-electron chi connectivity index (χ2n) is 4.14. The van der Waals surface area contributed by atoms with Gasteiger partial charge in [-0.25, -0.2) is 4.79 Å². The van der Waals surface area contributed by atoms with E-state index in [0.29, 0.717) is 5.58 Å². The minimum atomic E-state index is -0.433. The van der Waals surface area contributed by atoms with Gasteiger partial charge in [-0.2, -0.15) is 0 Å². The third kappa shape index (κ3) is 2.52. The van der Waals surface area contributed by atoms with E-state index in [-0.39, 0.29) is 5.02 Å². The number of hydrogen-bond acceptors (Lipinski definition) is 2. The molecule has 1 aromatic heterocycles. The summed E-state index contributed by atoms with van der Waals surface area (Å²) in [6.07, 6.45) is 4.17. The number of rotatable bonds is 4. The molecule has 0 radical (unpaired) electrons. The number of unbranched alkanes of at least 4 members (excludes halogenated alkanes) is 2. The van der Waals surface area contributed by atoms with E-state index in [9.17, 15) is 4.79 Å². The Balaban J connectivity index is 2.50. The molecule has 1 heterocycles. The third-order valence-corrected chi connectivity index (χ3v) is 3.27. The first kappa shape index (κ1) is 12.2. The first-order valence-electron chi connectivity index (χ1n) is 5.94. The van der Waals surface area contributed by atoms with Crippen LogP contribution in [0.15, 0.2) is 33.5 Å². The molecular weight excluding hydrogens is 236 g/mol. The van der Waals surface area contributed by atoms with E-state index < -0.39 is 5.63 Å². The highest BCUT2D eigenvalue weighted by atomic mass is 35.5. The Labute approximate surface area is 105 Å². The molecule has 0 N–H and O–H groups in total. The minimum absolute atomic E-state index is 0.236. The molecule has 3 heteroatoms. The zero-order chi connectivity index (χ0) is 12.3. The van der Waals surface area contributed by atoms with Crippen LogP contribution in [0.5, 0.6) is 0 Å². The van der Waals surface area contributed by atoms with Crippen LogP contribution in [-0.2, 0) is 6.42 Å². The lowest BCUT2D eigenvalue weighted by Gasteiger charge is -2.06. The van der Waals surface area contributed by atoms with Gasteiger partial charge in [0.1, 0.15) is 10.6 Å². The van der Waals surface area contributed by atoms with Crippen LogP contribution in [0, 0.1) is 0 Å². The molecule has 0 fully saturated rings. The van der Waals surface area contributed by atoms with Crippen LogP contribution in [0.2, 0.25) is 5.02 Å². The Morgan fingerprint density at radius 1 is 1.24 bits per heavy atom. The second-order valence-corrected chi connectivity index (χ2v) is 4.51. The van der Waals surface area contributed by atoms with Crippen LogP contribution in [0.3, 0.4) is 0 Å². The largest absolute Gasteiger partial charge is 0.422 e. The molecule has 2 rings (SSSR count). The maximum Gasteiger partial charge on any atom is 0.355 e. The van der Waals surface area contributed by atoms with Crippen molar-refractivity contribution in [2.24, 2.45) is 0 Å².